The summed E-state index contributed by atoms with van der Waals surface area (Å²) in [4.78, 5) is 37.3. The highest BCUT2D eigenvalue weighted by atomic mass is 32.2. The van der Waals surface area contributed by atoms with Crippen molar-refractivity contribution in [3.8, 4) is 0 Å². The Bertz CT molecular complexity index is 1290. The second-order valence-electron chi connectivity index (χ2n) is 8.66. The first kappa shape index (κ1) is 25.5. The van der Waals surface area contributed by atoms with Gasteiger partial charge in [-0.25, -0.2) is 18.2 Å². The van der Waals surface area contributed by atoms with Gasteiger partial charge in [0.15, 0.2) is 6.61 Å². The van der Waals surface area contributed by atoms with Gasteiger partial charge in [-0.3, -0.25) is 9.59 Å². The number of benzene rings is 2. The van der Waals surface area contributed by atoms with Crippen molar-refractivity contribution >= 4 is 44.9 Å². The minimum Gasteiger partial charge on any atom is -0.451 e. The van der Waals surface area contributed by atoms with Crippen molar-refractivity contribution in [2.45, 2.75) is 43.9 Å². The van der Waals surface area contributed by atoms with Crippen LogP contribution in [0.1, 0.15) is 37.7 Å². The summed E-state index contributed by atoms with van der Waals surface area (Å²) in [6, 6.07) is 13.4. The van der Waals surface area contributed by atoms with Crippen LogP contribution in [0.3, 0.4) is 0 Å². The van der Waals surface area contributed by atoms with E-state index < -0.39 is 28.5 Å². The number of aryl methyl sites for hydroxylation is 1. The van der Waals surface area contributed by atoms with E-state index in [9.17, 15) is 22.8 Å². The Hall–Kier alpha value is -3.57. The van der Waals surface area contributed by atoms with Gasteiger partial charge in [0.2, 0.25) is 15.9 Å². The number of carbonyl (C=O) groups is 3. The third-order valence-electron chi connectivity index (χ3n) is 6.01. The number of carbonyl (C=O) groups excluding carboxylic acids is 3. The lowest BCUT2D eigenvalue weighted by atomic mass is 10.1. The predicted octanol–water partition coefficient (Wildman–Crippen LogP) is 2.83. The van der Waals surface area contributed by atoms with Crippen LogP contribution in [-0.2, 0) is 29.1 Å². The summed E-state index contributed by atoms with van der Waals surface area (Å²) in [6.45, 7) is 2.08. The number of hydrogen-bond donors (Lipinski definition) is 1. The molecule has 2 aliphatic heterocycles. The molecule has 1 saturated heterocycles. The lowest BCUT2D eigenvalue weighted by Crippen LogP contribution is -2.36. The number of rotatable bonds is 7. The summed E-state index contributed by atoms with van der Waals surface area (Å²) in [5.74, 6) is -1.66. The van der Waals surface area contributed by atoms with Crippen LogP contribution >= 0.6 is 0 Å². The zero-order valence-corrected chi connectivity index (χ0v) is 20.8. The fourth-order valence-electron chi connectivity index (χ4n) is 4.08. The van der Waals surface area contributed by atoms with Gasteiger partial charge in [-0.15, -0.1) is 0 Å². The van der Waals surface area contributed by atoms with Crippen LogP contribution in [0.2, 0.25) is 0 Å². The lowest BCUT2D eigenvalue weighted by molar-refractivity contribution is -0.140. The zero-order valence-electron chi connectivity index (χ0n) is 20.0. The molecule has 0 aliphatic carbocycles. The maximum atomic E-state index is 13.1. The van der Waals surface area contributed by atoms with Crippen LogP contribution in [0.5, 0.6) is 0 Å². The number of ether oxygens (including phenoxy) is 1. The summed E-state index contributed by atoms with van der Waals surface area (Å²) >= 11 is 0. The maximum Gasteiger partial charge on any atom is 0.355 e. The van der Waals surface area contributed by atoms with Crippen LogP contribution in [0, 0.1) is 6.92 Å². The first-order chi connectivity index (χ1) is 17.3. The van der Waals surface area contributed by atoms with Gasteiger partial charge in [0.05, 0.1) is 10.6 Å². The number of amides is 2. The summed E-state index contributed by atoms with van der Waals surface area (Å²) in [5.41, 5.74) is 1.43. The van der Waals surface area contributed by atoms with Gasteiger partial charge in [0, 0.05) is 31.6 Å². The van der Waals surface area contributed by atoms with Gasteiger partial charge in [-0.1, -0.05) is 30.7 Å². The van der Waals surface area contributed by atoms with Gasteiger partial charge in [-0.2, -0.15) is 9.41 Å². The lowest BCUT2D eigenvalue weighted by Gasteiger charge is -2.26. The monoisotopic (exact) mass is 512 g/mol. The van der Waals surface area contributed by atoms with Gasteiger partial charge < -0.3 is 10.1 Å². The molecule has 2 aromatic rings. The van der Waals surface area contributed by atoms with E-state index in [1.807, 2.05) is 0 Å². The van der Waals surface area contributed by atoms with Crippen molar-refractivity contribution in [1.29, 1.82) is 0 Å². The fraction of sp³-hybridized carbons (Fsp3) is 0.360. The molecule has 2 aliphatic rings. The van der Waals surface area contributed by atoms with Crippen molar-refractivity contribution in [1.82, 2.24) is 4.31 Å². The molecule has 10 nitrogen and oxygen atoms in total. The number of hydrogen-bond acceptors (Lipinski definition) is 7. The molecule has 36 heavy (non-hydrogen) atoms. The van der Waals surface area contributed by atoms with Crippen molar-refractivity contribution in [2.75, 3.05) is 30.0 Å². The van der Waals surface area contributed by atoms with E-state index in [-0.39, 0.29) is 35.0 Å². The van der Waals surface area contributed by atoms with Gasteiger partial charge in [0.25, 0.3) is 5.91 Å². The molecule has 0 saturated carbocycles. The standard InChI is InChI=1S/C25H28N4O6S/c1-18-10-11-19(16-22(18)36(33,34)28-14-6-3-7-15-28)26-23(30)17-35-25(32)21-12-13-24(31)29(27-21)20-8-4-2-5-9-20/h2,4-5,8-11,16H,3,6-7,12-15,17H2,1H3,(H,26,30). The Morgan fingerprint density at radius 2 is 1.75 bits per heavy atom. The highest BCUT2D eigenvalue weighted by Crippen LogP contribution is 2.26. The average molecular weight is 513 g/mol. The summed E-state index contributed by atoms with van der Waals surface area (Å²) < 4.78 is 32.8. The molecule has 4 rings (SSSR count). The first-order valence-electron chi connectivity index (χ1n) is 11.8. The van der Waals surface area contributed by atoms with E-state index in [2.05, 4.69) is 10.4 Å². The summed E-state index contributed by atoms with van der Waals surface area (Å²) in [7, 11) is -3.68. The molecule has 0 aromatic heterocycles. The predicted molar refractivity (Wildman–Crippen MR) is 134 cm³/mol. The second-order valence-corrected chi connectivity index (χ2v) is 10.6. The van der Waals surface area contributed by atoms with E-state index in [0.29, 0.717) is 24.3 Å². The topological polar surface area (TPSA) is 125 Å². The zero-order chi connectivity index (χ0) is 25.7. The number of nitrogens with one attached hydrogen (secondary N) is 1. The van der Waals surface area contributed by atoms with E-state index in [1.165, 1.54) is 10.4 Å². The molecule has 0 unspecified atom stereocenters. The van der Waals surface area contributed by atoms with Crippen LogP contribution < -0.4 is 10.3 Å². The van der Waals surface area contributed by atoms with Gasteiger partial charge >= 0.3 is 5.97 Å². The highest BCUT2D eigenvalue weighted by Gasteiger charge is 2.29. The van der Waals surface area contributed by atoms with Crippen LogP contribution in [0.25, 0.3) is 0 Å². The third-order valence-corrected chi connectivity index (χ3v) is 8.05. The normalized spacial score (nSPS) is 16.9. The Morgan fingerprint density at radius 3 is 2.47 bits per heavy atom. The van der Waals surface area contributed by atoms with Crippen molar-refractivity contribution in [2.24, 2.45) is 5.10 Å². The summed E-state index contributed by atoms with van der Waals surface area (Å²) in [5, 5.41) is 7.84. The fourth-order valence-corrected chi connectivity index (χ4v) is 5.85. The van der Waals surface area contributed by atoms with E-state index >= 15 is 0 Å². The number of nitrogens with zero attached hydrogens (tertiary/aromatic N) is 3. The van der Waals surface area contributed by atoms with E-state index in [0.717, 1.165) is 24.3 Å². The minimum atomic E-state index is -3.68. The molecule has 0 spiro atoms. The second kappa shape index (κ2) is 11.0. The Balaban J connectivity index is 1.39. The molecule has 11 heteroatoms. The molecule has 2 heterocycles. The quantitative estimate of drug-likeness (QED) is 0.569. The molecule has 1 fully saturated rings. The van der Waals surface area contributed by atoms with Gasteiger partial charge in [-0.05, 0) is 49.6 Å². The highest BCUT2D eigenvalue weighted by molar-refractivity contribution is 7.89. The molecule has 0 bridgehead atoms. The third kappa shape index (κ3) is 5.80. The molecule has 0 radical (unpaired) electrons. The smallest absolute Gasteiger partial charge is 0.355 e. The molecular weight excluding hydrogens is 484 g/mol. The molecule has 2 aromatic carbocycles. The number of piperidine rings is 1. The number of sulfonamides is 1. The molecule has 190 valence electrons. The van der Waals surface area contributed by atoms with E-state index in [4.69, 9.17) is 4.74 Å². The number of anilines is 2. The number of esters is 1. The largest absolute Gasteiger partial charge is 0.451 e. The Kier molecular flexibility index (Phi) is 7.80. The van der Waals surface area contributed by atoms with Crippen LogP contribution in [-0.4, -0.2) is 55.9 Å². The molecule has 1 N–H and O–H groups in total. The Morgan fingerprint density at radius 1 is 1.03 bits per heavy atom. The molecular formula is C25H28N4O6S. The number of para-hydroxylation sites is 1. The first-order valence-corrected chi connectivity index (χ1v) is 13.2. The maximum absolute atomic E-state index is 13.1. The molecule has 2 amide bonds. The van der Waals surface area contributed by atoms with Crippen molar-refractivity contribution < 1.29 is 27.5 Å². The SMILES string of the molecule is Cc1ccc(NC(=O)COC(=O)C2=NN(c3ccccc3)C(=O)CC2)cc1S(=O)(=O)N1CCCCC1. The number of hydrazone groups is 1. The summed E-state index contributed by atoms with van der Waals surface area (Å²) in [6.07, 6.45) is 2.85. The van der Waals surface area contributed by atoms with Crippen molar-refractivity contribution in [3.63, 3.8) is 0 Å². The van der Waals surface area contributed by atoms with Gasteiger partial charge in [0.1, 0.15) is 5.71 Å². The minimum absolute atomic E-state index is 0.0384. The van der Waals surface area contributed by atoms with E-state index in [1.54, 1.807) is 49.4 Å². The van der Waals surface area contributed by atoms with Crippen LogP contribution in [0.15, 0.2) is 58.5 Å². The Labute approximate surface area is 210 Å². The van der Waals surface area contributed by atoms with Crippen molar-refractivity contribution in [3.05, 3.63) is 54.1 Å². The molecule has 0 atom stereocenters. The average Bonchev–Trinajstić information content (AvgIpc) is 2.89. The van der Waals surface area contributed by atoms with Crippen LogP contribution in [0.4, 0.5) is 11.4 Å².